The summed E-state index contributed by atoms with van der Waals surface area (Å²) < 4.78 is 10.9. The Bertz CT molecular complexity index is 610. The molecule has 0 heterocycles. The first-order valence-corrected chi connectivity index (χ1v) is 9.20. The van der Waals surface area contributed by atoms with Gasteiger partial charge in [0.1, 0.15) is 18.5 Å². The van der Waals surface area contributed by atoms with Crippen molar-refractivity contribution in [1.82, 2.24) is 5.32 Å². The van der Waals surface area contributed by atoms with Crippen molar-refractivity contribution in [2.45, 2.75) is 32.4 Å². The molecule has 0 fully saturated rings. The van der Waals surface area contributed by atoms with Crippen LogP contribution in [0.4, 0.5) is 0 Å². The molecule has 1 rings (SSSR count). The first kappa shape index (κ1) is 26.3. The van der Waals surface area contributed by atoms with Crippen molar-refractivity contribution in [3.05, 3.63) is 54.6 Å². The number of nitrogens with one attached hydrogen (secondary N) is 1. The molecule has 29 heavy (non-hydrogen) atoms. The van der Waals surface area contributed by atoms with Crippen molar-refractivity contribution in [2.24, 2.45) is 0 Å². The summed E-state index contributed by atoms with van der Waals surface area (Å²) in [5.74, 6) is -1.74. The Kier molecular flexibility index (Phi) is 14.8. The van der Waals surface area contributed by atoms with Crippen LogP contribution in [0.2, 0.25) is 0 Å². The second kappa shape index (κ2) is 16.3. The van der Waals surface area contributed by atoms with Gasteiger partial charge in [-0.2, -0.15) is 0 Å². The molecule has 8 nitrogen and oxygen atoms in total. The summed E-state index contributed by atoms with van der Waals surface area (Å²) in [6.07, 6.45) is 3.23. The standard InChI is InChI=1S/C17H27NO3.C4H4O4/c1-4-10-20-11-9-15-5-7-17(8-6-15)21-13-16(19)12-18-14(2)3;5-3(6)1-2-4(7)8/h4-8,14,16,18-19H,1,9-13H2,2-3H3;1-2H,(H,5,6)(H,7,8)/b;2-1-/t16-;/m0./s1. The Labute approximate surface area is 171 Å². The van der Waals surface area contributed by atoms with E-state index in [2.05, 4.69) is 11.9 Å². The lowest BCUT2D eigenvalue weighted by Crippen LogP contribution is -2.35. The van der Waals surface area contributed by atoms with Crippen LogP contribution in [0, 0.1) is 0 Å². The molecular weight excluding hydrogens is 378 g/mol. The smallest absolute Gasteiger partial charge is 0.328 e. The number of hydrogen-bond acceptors (Lipinski definition) is 6. The Morgan fingerprint density at radius 1 is 1.14 bits per heavy atom. The van der Waals surface area contributed by atoms with E-state index in [1.54, 1.807) is 6.08 Å². The number of carboxylic acid groups (broad SMARTS) is 2. The number of carboxylic acids is 2. The highest BCUT2D eigenvalue weighted by Crippen LogP contribution is 2.13. The van der Waals surface area contributed by atoms with Gasteiger partial charge in [-0.3, -0.25) is 0 Å². The summed E-state index contributed by atoms with van der Waals surface area (Å²) in [6, 6.07) is 8.25. The number of hydrogen-bond donors (Lipinski definition) is 4. The lowest BCUT2D eigenvalue weighted by atomic mass is 10.1. The summed E-state index contributed by atoms with van der Waals surface area (Å²) >= 11 is 0. The summed E-state index contributed by atoms with van der Waals surface area (Å²) in [5, 5.41) is 28.6. The van der Waals surface area contributed by atoms with Gasteiger partial charge in [0.05, 0.1) is 13.2 Å². The van der Waals surface area contributed by atoms with E-state index in [0.29, 0.717) is 44.6 Å². The largest absolute Gasteiger partial charge is 0.491 e. The lowest BCUT2D eigenvalue weighted by molar-refractivity contribution is -0.134. The van der Waals surface area contributed by atoms with Crippen LogP contribution in [0.25, 0.3) is 0 Å². The first-order valence-electron chi connectivity index (χ1n) is 9.20. The van der Waals surface area contributed by atoms with Gasteiger partial charge >= 0.3 is 11.9 Å². The molecule has 4 N–H and O–H groups in total. The van der Waals surface area contributed by atoms with Crippen molar-refractivity contribution in [1.29, 1.82) is 0 Å². The van der Waals surface area contributed by atoms with Gasteiger partial charge in [0.2, 0.25) is 0 Å². The highest BCUT2D eigenvalue weighted by atomic mass is 16.5. The predicted molar refractivity (Wildman–Crippen MR) is 110 cm³/mol. The molecule has 0 unspecified atom stereocenters. The SMILES string of the molecule is C=CCOCCc1ccc(OC[C@@H](O)CNC(C)C)cc1.O=C(O)/C=C\C(=O)O. The zero-order valence-corrected chi connectivity index (χ0v) is 16.9. The van der Waals surface area contributed by atoms with Crippen LogP contribution in [-0.4, -0.2) is 65.8 Å². The van der Waals surface area contributed by atoms with E-state index < -0.39 is 18.0 Å². The Morgan fingerprint density at radius 2 is 1.72 bits per heavy atom. The van der Waals surface area contributed by atoms with Crippen LogP contribution in [0.3, 0.4) is 0 Å². The second-order valence-electron chi connectivity index (χ2n) is 6.30. The van der Waals surface area contributed by atoms with Crippen LogP contribution in [-0.2, 0) is 20.7 Å². The van der Waals surface area contributed by atoms with E-state index in [0.717, 1.165) is 12.2 Å². The second-order valence-corrected chi connectivity index (χ2v) is 6.30. The number of rotatable bonds is 13. The monoisotopic (exact) mass is 409 g/mol. The van der Waals surface area contributed by atoms with Crippen LogP contribution >= 0.6 is 0 Å². The Balaban J connectivity index is 0.000000828. The molecule has 1 aromatic rings. The minimum atomic E-state index is -1.26. The Hall–Kier alpha value is -2.68. The zero-order chi connectivity index (χ0) is 22.1. The third-order valence-corrected chi connectivity index (χ3v) is 3.27. The quantitative estimate of drug-likeness (QED) is 0.221. The van der Waals surface area contributed by atoms with E-state index in [1.165, 1.54) is 5.56 Å². The molecule has 0 bridgehead atoms. The van der Waals surface area contributed by atoms with Crippen molar-refractivity contribution in [3.63, 3.8) is 0 Å². The molecule has 1 atom stereocenters. The van der Waals surface area contributed by atoms with Gasteiger partial charge in [0, 0.05) is 24.7 Å². The normalized spacial score (nSPS) is 11.6. The van der Waals surface area contributed by atoms with E-state index >= 15 is 0 Å². The topological polar surface area (TPSA) is 125 Å². The molecule has 0 aliphatic rings. The summed E-state index contributed by atoms with van der Waals surface area (Å²) in [4.78, 5) is 19.1. The maximum absolute atomic E-state index is 9.77. The maximum Gasteiger partial charge on any atom is 0.328 e. The number of ether oxygens (including phenoxy) is 2. The molecule has 0 saturated carbocycles. The molecule has 0 spiro atoms. The van der Waals surface area contributed by atoms with E-state index in [4.69, 9.17) is 19.7 Å². The maximum atomic E-state index is 9.77. The van der Waals surface area contributed by atoms with Crippen molar-refractivity contribution in [3.8, 4) is 5.75 Å². The van der Waals surface area contributed by atoms with Gasteiger partial charge in [-0.15, -0.1) is 6.58 Å². The molecular formula is C21H31NO7. The molecule has 0 amide bonds. The molecule has 0 saturated heterocycles. The summed E-state index contributed by atoms with van der Waals surface area (Å²) in [5.41, 5.74) is 1.20. The van der Waals surface area contributed by atoms with Gasteiger partial charge in [-0.25, -0.2) is 9.59 Å². The molecule has 8 heteroatoms. The minimum absolute atomic E-state index is 0.293. The van der Waals surface area contributed by atoms with Gasteiger partial charge in [-0.1, -0.05) is 32.1 Å². The Morgan fingerprint density at radius 3 is 2.21 bits per heavy atom. The average molecular weight is 409 g/mol. The summed E-state index contributed by atoms with van der Waals surface area (Å²) in [7, 11) is 0. The van der Waals surface area contributed by atoms with E-state index in [-0.39, 0.29) is 0 Å². The number of aliphatic hydroxyl groups excluding tert-OH is 1. The molecule has 1 aromatic carbocycles. The molecule has 162 valence electrons. The highest BCUT2D eigenvalue weighted by molar-refractivity contribution is 5.89. The lowest BCUT2D eigenvalue weighted by Gasteiger charge is -2.15. The van der Waals surface area contributed by atoms with Crippen LogP contribution < -0.4 is 10.1 Å². The summed E-state index contributed by atoms with van der Waals surface area (Å²) in [6.45, 7) is 9.81. The van der Waals surface area contributed by atoms with Gasteiger partial charge in [-0.05, 0) is 24.1 Å². The highest BCUT2D eigenvalue weighted by Gasteiger charge is 2.06. The zero-order valence-electron chi connectivity index (χ0n) is 16.9. The van der Waals surface area contributed by atoms with Gasteiger partial charge in [0.15, 0.2) is 0 Å². The fraction of sp³-hybridized carbons (Fsp3) is 0.429. The first-order chi connectivity index (χ1) is 13.7. The molecule has 0 aromatic heterocycles. The van der Waals surface area contributed by atoms with Gasteiger partial charge < -0.3 is 30.1 Å². The number of aliphatic carboxylic acids is 2. The minimum Gasteiger partial charge on any atom is -0.491 e. The van der Waals surface area contributed by atoms with E-state index in [1.807, 2.05) is 38.1 Å². The number of aliphatic hydroxyl groups is 1. The predicted octanol–water partition coefficient (Wildman–Crippen LogP) is 1.88. The third kappa shape index (κ3) is 17.2. The molecule has 0 aliphatic carbocycles. The fourth-order valence-corrected chi connectivity index (χ4v) is 1.87. The average Bonchev–Trinajstić information content (AvgIpc) is 2.68. The fourth-order valence-electron chi connectivity index (χ4n) is 1.87. The van der Waals surface area contributed by atoms with Crippen LogP contribution in [0.5, 0.6) is 5.75 Å². The van der Waals surface area contributed by atoms with Crippen molar-refractivity contribution >= 4 is 11.9 Å². The number of benzene rings is 1. The van der Waals surface area contributed by atoms with Gasteiger partial charge in [0.25, 0.3) is 0 Å². The van der Waals surface area contributed by atoms with Crippen molar-refractivity contribution in [2.75, 3.05) is 26.4 Å². The third-order valence-electron chi connectivity index (χ3n) is 3.27. The van der Waals surface area contributed by atoms with Crippen LogP contribution in [0.1, 0.15) is 19.4 Å². The van der Waals surface area contributed by atoms with Crippen molar-refractivity contribution < 1.29 is 34.4 Å². The van der Waals surface area contributed by atoms with E-state index in [9.17, 15) is 14.7 Å². The molecule has 0 aliphatic heterocycles. The van der Waals surface area contributed by atoms with Crippen LogP contribution in [0.15, 0.2) is 49.1 Å². The number of carbonyl (C=O) groups is 2. The molecule has 0 radical (unpaired) electrons.